The maximum Gasteiger partial charge on any atom is 0.283 e. The fourth-order valence-corrected chi connectivity index (χ4v) is 3.81. The standard InChI is InChI=1S/C25H19Cl2N3O3/c1-2-15-10-12-17(13-11-15)29-23(31)16-6-5-7-18(14-16)28-22-21(27)24(32)30(25(22)33)20-9-4-3-8-19(20)26/h3-14,28H,2H2,1H3,(H,29,31). The Balaban J connectivity index is 1.53. The van der Waals surface area contributed by atoms with E-state index in [4.69, 9.17) is 23.2 Å². The molecule has 1 aliphatic rings. The molecule has 166 valence electrons. The van der Waals surface area contributed by atoms with Crippen molar-refractivity contribution in [2.24, 2.45) is 0 Å². The van der Waals surface area contributed by atoms with E-state index in [1.54, 1.807) is 48.5 Å². The van der Waals surface area contributed by atoms with Gasteiger partial charge in [-0.05, 0) is 54.4 Å². The Labute approximate surface area is 200 Å². The van der Waals surface area contributed by atoms with Gasteiger partial charge in [-0.1, -0.05) is 60.5 Å². The van der Waals surface area contributed by atoms with E-state index in [2.05, 4.69) is 17.6 Å². The van der Waals surface area contributed by atoms with Crippen LogP contribution in [0.15, 0.2) is 83.5 Å². The van der Waals surface area contributed by atoms with Crippen LogP contribution in [-0.2, 0) is 16.0 Å². The van der Waals surface area contributed by atoms with Crippen LogP contribution in [0.5, 0.6) is 0 Å². The van der Waals surface area contributed by atoms with Crippen LogP contribution in [0, 0.1) is 0 Å². The van der Waals surface area contributed by atoms with Gasteiger partial charge in [-0.2, -0.15) is 0 Å². The Hall–Kier alpha value is -3.61. The van der Waals surface area contributed by atoms with Gasteiger partial charge in [0.25, 0.3) is 17.7 Å². The maximum absolute atomic E-state index is 13.0. The van der Waals surface area contributed by atoms with Crippen molar-refractivity contribution < 1.29 is 14.4 Å². The summed E-state index contributed by atoms with van der Waals surface area (Å²) in [7, 11) is 0. The van der Waals surface area contributed by atoms with Crippen LogP contribution in [0.25, 0.3) is 0 Å². The molecule has 0 bridgehead atoms. The first-order valence-electron chi connectivity index (χ1n) is 10.2. The quantitative estimate of drug-likeness (QED) is 0.451. The number of imide groups is 1. The molecule has 3 amide bonds. The van der Waals surface area contributed by atoms with E-state index >= 15 is 0 Å². The minimum atomic E-state index is -0.679. The molecule has 0 saturated heterocycles. The molecule has 0 fully saturated rings. The first-order valence-corrected chi connectivity index (χ1v) is 10.9. The fourth-order valence-electron chi connectivity index (χ4n) is 3.37. The zero-order valence-electron chi connectivity index (χ0n) is 17.6. The van der Waals surface area contributed by atoms with Gasteiger partial charge in [0.2, 0.25) is 0 Å². The minimum Gasteiger partial charge on any atom is -0.350 e. The lowest BCUT2D eigenvalue weighted by molar-refractivity contribution is -0.120. The van der Waals surface area contributed by atoms with Crippen LogP contribution >= 0.6 is 23.2 Å². The highest BCUT2D eigenvalue weighted by Gasteiger charge is 2.39. The van der Waals surface area contributed by atoms with Gasteiger partial charge in [-0.3, -0.25) is 14.4 Å². The summed E-state index contributed by atoms with van der Waals surface area (Å²) in [6, 6.07) is 20.6. The smallest absolute Gasteiger partial charge is 0.283 e. The molecule has 0 unspecified atom stereocenters. The summed E-state index contributed by atoms with van der Waals surface area (Å²) in [6.07, 6.45) is 0.912. The van der Waals surface area contributed by atoms with E-state index in [9.17, 15) is 14.4 Å². The molecule has 0 spiro atoms. The second-order valence-electron chi connectivity index (χ2n) is 7.30. The first kappa shape index (κ1) is 22.6. The Morgan fingerprint density at radius 2 is 1.61 bits per heavy atom. The third-order valence-electron chi connectivity index (χ3n) is 5.13. The molecule has 0 saturated carbocycles. The molecule has 33 heavy (non-hydrogen) atoms. The molecule has 3 aromatic carbocycles. The molecule has 2 N–H and O–H groups in total. The molecular weight excluding hydrogens is 461 g/mol. The van der Waals surface area contributed by atoms with E-state index in [0.29, 0.717) is 16.9 Å². The summed E-state index contributed by atoms with van der Waals surface area (Å²) < 4.78 is 0. The summed E-state index contributed by atoms with van der Waals surface area (Å²) >= 11 is 12.3. The number of amides is 3. The van der Waals surface area contributed by atoms with Gasteiger partial charge in [0.1, 0.15) is 10.7 Å². The van der Waals surface area contributed by atoms with Crippen LogP contribution in [0.4, 0.5) is 17.1 Å². The van der Waals surface area contributed by atoms with Gasteiger partial charge in [-0.25, -0.2) is 4.90 Å². The zero-order chi connectivity index (χ0) is 23.5. The Kier molecular flexibility index (Phi) is 6.49. The Morgan fingerprint density at radius 1 is 0.879 bits per heavy atom. The zero-order valence-corrected chi connectivity index (χ0v) is 19.1. The Bertz CT molecular complexity index is 1290. The van der Waals surface area contributed by atoms with Crippen LogP contribution in [0.2, 0.25) is 5.02 Å². The lowest BCUT2D eigenvalue weighted by Gasteiger charge is -2.16. The topological polar surface area (TPSA) is 78.5 Å². The molecule has 0 atom stereocenters. The molecular formula is C25H19Cl2N3O3. The maximum atomic E-state index is 13.0. The SMILES string of the molecule is CCc1ccc(NC(=O)c2cccc(NC3=C(Cl)C(=O)N(c4ccccc4Cl)C3=O)c2)cc1. The number of anilines is 3. The van der Waals surface area contributed by atoms with Crippen molar-refractivity contribution in [3.8, 4) is 0 Å². The predicted molar refractivity (Wildman–Crippen MR) is 131 cm³/mol. The highest BCUT2D eigenvalue weighted by molar-refractivity contribution is 6.53. The van der Waals surface area contributed by atoms with Gasteiger partial charge in [-0.15, -0.1) is 0 Å². The number of carbonyl (C=O) groups excluding carboxylic acids is 3. The second kappa shape index (κ2) is 9.48. The number of benzene rings is 3. The van der Waals surface area contributed by atoms with Crippen molar-refractivity contribution in [1.29, 1.82) is 0 Å². The summed E-state index contributed by atoms with van der Waals surface area (Å²) in [4.78, 5) is 39.2. The lowest BCUT2D eigenvalue weighted by atomic mass is 10.1. The lowest BCUT2D eigenvalue weighted by Crippen LogP contribution is -2.32. The van der Waals surface area contributed by atoms with Gasteiger partial charge >= 0.3 is 0 Å². The van der Waals surface area contributed by atoms with Crippen molar-refractivity contribution in [1.82, 2.24) is 0 Å². The van der Waals surface area contributed by atoms with Gasteiger partial charge in [0.05, 0.1) is 10.7 Å². The average molecular weight is 480 g/mol. The molecule has 4 rings (SSSR count). The van der Waals surface area contributed by atoms with Gasteiger partial charge < -0.3 is 10.6 Å². The van der Waals surface area contributed by atoms with Crippen LogP contribution in [0.3, 0.4) is 0 Å². The summed E-state index contributed by atoms with van der Waals surface area (Å²) in [5, 5.41) is 5.71. The predicted octanol–water partition coefficient (Wildman–Crippen LogP) is 5.59. The van der Waals surface area contributed by atoms with E-state index < -0.39 is 11.8 Å². The third-order valence-corrected chi connectivity index (χ3v) is 5.81. The monoisotopic (exact) mass is 479 g/mol. The van der Waals surface area contributed by atoms with E-state index in [1.807, 2.05) is 24.3 Å². The summed E-state index contributed by atoms with van der Waals surface area (Å²) in [5.41, 5.74) is 2.80. The number of nitrogens with one attached hydrogen (secondary N) is 2. The summed E-state index contributed by atoms with van der Waals surface area (Å²) in [6.45, 7) is 2.06. The number of rotatable bonds is 6. The van der Waals surface area contributed by atoms with E-state index in [-0.39, 0.29) is 27.3 Å². The van der Waals surface area contributed by atoms with Gasteiger partial charge in [0, 0.05) is 16.9 Å². The number of hydrogen-bond donors (Lipinski definition) is 2. The minimum absolute atomic E-state index is 0.0886. The number of carbonyl (C=O) groups is 3. The Morgan fingerprint density at radius 3 is 2.30 bits per heavy atom. The normalized spacial score (nSPS) is 13.5. The van der Waals surface area contributed by atoms with Crippen LogP contribution < -0.4 is 15.5 Å². The third kappa shape index (κ3) is 4.62. The summed E-state index contributed by atoms with van der Waals surface area (Å²) in [5.74, 6) is -1.62. The fraction of sp³-hybridized carbons (Fsp3) is 0.0800. The largest absolute Gasteiger partial charge is 0.350 e. The number of aryl methyl sites for hydroxylation is 1. The average Bonchev–Trinajstić information content (AvgIpc) is 3.03. The van der Waals surface area contributed by atoms with Crippen molar-refractivity contribution in [3.05, 3.63) is 99.7 Å². The van der Waals surface area contributed by atoms with Crippen molar-refractivity contribution >= 4 is 58.0 Å². The second-order valence-corrected chi connectivity index (χ2v) is 8.08. The highest BCUT2D eigenvalue weighted by atomic mass is 35.5. The number of nitrogens with zero attached hydrogens (tertiary/aromatic N) is 1. The van der Waals surface area contributed by atoms with Crippen LogP contribution in [-0.4, -0.2) is 17.7 Å². The first-order chi connectivity index (χ1) is 15.9. The van der Waals surface area contributed by atoms with Crippen LogP contribution in [0.1, 0.15) is 22.8 Å². The number of hydrogen-bond acceptors (Lipinski definition) is 4. The molecule has 3 aromatic rings. The number of halogens is 2. The molecule has 0 aromatic heterocycles. The van der Waals surface area contributed by atoms with Gasteiger partial charge in [0.15, 0.2) is 0 Å². The number of para-hydroxylation sites is 1. The molecule has 0 aliphatic carbocycles. The van der Waals surface area contributed by atoms with Crippen molar-refractivity contribution in [2.75, 3.05) is 15.5 Å². The molecule has 0 radical (unpaired) electrons. The molecule has 6 nitrogen and oxygen atoms in total. The molecule has 8 heteroatoms. The molecule has 1 heterocycles. The van der Waals surface area contributed by atoms with E-state index in [1.165, 1.54) is 5.56 Å². The van der Waals surface area contributed by atoms with Crippen molar-refractivity contribution in [2.45, 2.75) is 13.3 Å². The van der Waals surface area contributed by atoms with Crippen molar-refractivity contribution in [3.63, 3.8) is 0 Å². The molecule has 1 aliphatic heterocycles. The van der Waals surface area contributed by atoms with E-state index in [0.717, 1.165) is 11.3 Å². The highest BCUT2D eigenvalue weighted by Crippen LogP contribution is 2.34.